The lowest BCUT2D eigenvalue weighted by Gasteiger charge is -2.16. The van der Waals surface area contributed by atoms with Crippen molar-refractivity contribution in [3.05, 3.63) is 24.3 Å². The van der Waals surface area contributed by atoms with E-state index in [0.717, 1.165) is 19.3 Å². The van der Waals surface area contributed by atoms with Crippen LogP contribution in [-0.4, -0.2) is 22.4 Å². The van der Waals surface area contributed by atoms with E-state index in [1.807, 2.05) is 0 Å². The molecule has 2 nitrogen and oxygen atoms in total. The van der Waals surface area contributed by atoms with Crippen LogP contribution in [0.4, 0.5) is 0 Å². The molecule has 1 unspecified atom stereocenters. The third-order valence-electron chi connectivity index (χ3n) is 3.15. The van der Waals surface area contributed by atoms with Crippen LogP contribution in [0.2, 0.25) is 0 Å². The maximum Gasteiger partial charge on any atom is 0.0800 e. The van der Waals surface area contributed by atoms with Crippen LogP contribution >= 0.6 is 0 Å². The Morgan fingerprint density at radius 1 is 1.10 bits per heavy atom. The third-order valence-corrected chi connectivity index (χ3v) is 3.15. The predicted molar refractivity (Wildman–Crippen MR) is 89.9 cm³/mol. The van der Waals surface area contributed by atoms with Gasteiger partial charge in [0.25, 0.3) is 0 Å². The van der Waals surface area contributed by atoms with E-state index in [1.165, 1.54) is 37.7 Å². The van der Waals surface area contributed by atoms with Crippen molar-refractivity contribution < 1.29 is 10.2 Å². The van der Waals surface area contributed by atoms with E-state index < -0.39 is 5.60 Å². The monoisotopic (exact) mass is 284 g/mol. The van der Waals surface area contributed by atoms with Gasteiger partial charge in [0, 0.05) is 6.61 Å². The van der Waals surface area contributed by atoms with Gasteiger partial charge >= 0.3 is 0 Å². The second kappa shape index (κ2) is 14.8. The molecule has 0 aromatic carbocycles. The van der Waals surface area contributed by atoms with Crippen molar-refractivity contribution in [1.29, 1.82) is 0 Å². The van der Waals surface area contributed by atoms with E-state index in [2.05, 4.69) is 33.4 Å². The van der Waals surface area contributed by atoms with Crippen LogP contribution in [0.25, 0.3) is 0 Å². The Balaban J connectivity index is 0. The molecule has 0 radical (unpaired) electrons. The van der Waals surface area contributed by atoms with Crippen LogP contribution in [0.15, 0.2) is 24.3 Å². The van der Waals surface area contributed by atoms with Crippen molar-refractivity contribution >= 4 is 0 Å². The standard InChI is InChI=1S/C10H18O.C8H18O/c1-5-10(4,11)8-6-7-9(2)3;1-2-3-4-5-6-7-8-9/h5,7,11H,1,6,8H2,2-4H3;9H,2-8H2,1H3. The van der Waals surface area contributed by atoms with E-state index in [9.17, 15) is 5.11 Å². The summed E-state index contributed by atoms with van der Waals surface area (Å²) in [5.74, 6) is 0. The van der Waals surface area contributed by atoms with Gasteiger partial charge in [0.05, 0.1) is 5.60 Å². The van der Waals surface area contributed by atoms with Gasteiger partial charge in [-0.2, -0.15) is 0 Å². The Kier molecular flexibility index (Phi) is 16.1. The second-order valence-electron chi connectivity index (χ2n) is 5.87. The molecule has 0 aliphatic carbocycles. The minimum Gasteiger partial charge on any atom is -0.396 e. The summed E-state index contributed by atoms with van der Waals surface area (Å²) < 4.78 is 0. The van der Waals surface area contributed by atoms with Gasteiger partial charge in [-0.3, -0.25) is 0 Å². The molecular formula is C18H36O2. The van der Waals surface area contributed by atoms with Crippen LogP contribution in [0.3, 0.4) is 0 Å². The summed E-state index contributed by atoms with van der Waals surface area (Å²) in [4.78, 5) is 0. The van der Waals surface area contributed by atoms with Gasteiger partial charge in [-0.1, -0.05) is 56.8 Å². The van der Waals surface area contributed by atoms with E-state index in [0.29, 0.717) is 6.61 Å². The van der Waals surface area contributed by atoms with E-state index in [-0.39, 0.29) is 0 Å². The quantitative estimate of drug-likeness (QED) is 0.437. The molecule has 0 spiro atoms. The summed E-state index contributed by atoms with van der Waals surface area (Å²) in [7, 11) is 0. The largest absolute Gasteiger partial charge is 0.396 e. The Bertz CT molecular complexity index is 232. The molecule has 1 atom stereocenters. The first-order valence-electron chi connectivity index (χ1n) is 7.99. The zero-order chi connectivity index (χ0) is 15.9. The highest BCUT2D eigenvalue weighted by Gasteiger charge is 2.12. The lowest BCUT2D eigenvalue weighted by Crippen LogP contribution is -2.19. The molecule has 0 saturated heterocycles. The Hall–Kier alpha value is -0.600. The highest BCUT2D eigenvalue weighted by molar-refractivity contribution is 4.97. The fourth-order valence-electron chi connectivity index (χ4n) is 1.65. The number of rotatable bonds is 10. The van der Waals surface area contributed by atoms with Crippen molar-refractivity contribution in [2.75, 3.05) is 6.61 Å². The average Bonchev–Trinajstić information content (AvgIpc) is 2.39. The van der Waals surface area contributed by atoms with Gasteiger partial charge in [-0.25, -0.2) is 0 Å². The van der Waals surface area contributed by atoms with Gasteiger partial charge < -0.3 is 10.2 Å². The molecule has 2 N–H and O–H groups in total. The first-order valence-corrected chi connectivity index (χ1v) is 7.99. The van der Waals surface area contributed by atoms with E-state index >= 15 is 0 Å². The summed E-state index contributed by atoms with van der Waals surface area (Å²) >= 11 is 0. The van der Waals surface area contributed by atoms with Crippen LogP contribution in [0.1, 0.15) is 79.1 Å². The molecule has 0 bridgehead atoms. The first kappa shape index (κ1) is 21.7. The molecule has 0 saturated carbocycles. The number of unbranched alkanes of at least 4 members (excludes halogenated alkanes) is 5. The van der Waals surface area contributed by atoms with Crippen molar-refractivity contribution in [1.82, 2.24) is 0 Å². The first-order chi connectivity index (χ1) is 9.39. The van der Waals surface area contributed by atoms with E-state index in [1.54, 1.807) is 13.0 Å². The molecule has 0 amide bonds. The minimum atomic E-state index is -0.702. The molecular weight excluding hydrogens is 248 g/mol. The molecule has 20 heavy (non-hydrogen) atoms. The van der Waals surface area contributed by atoms with Crippen molar-refractivity contribution in [3.8, 4) is 0 Å². The number of aliphatic hydroxyl groups excluding tert-OH is 1. The van der Waals surface area contributed by atoms with Crippen molar-refractivity contribution in [2.24, 2.45) is 0 Å². The summed E-state index contributed by atoms with van der Waals surface area (Å²) in [6.45, 7) is 12.0. The lowest BCUT2D eigenvalue weighted by atomic mass is 10.00. The number of hydrogen-bond acceptors (Lipinski definition) is 2. The molecule has 0 heterocycles. The van der Waals surface area contributed by atoms with Gasteiger partial charge in [0.15, 0.2) is 0 Å². The number of hydrogen-bond donors (Lipinski definition) is 2. The molecule has 0 rings (SSSR count). The maximum atomic E-state index is 9.49. The summed E-state index contributed by atoms with van der Waals surface area (Å²) in [5.41, 5.74) is 0.594. The van der Waals surface area contributed by atoms with Gasteiger partial charge in [-0.15, -0.1) is 6.58 Å². The summed E-state index contributed by atoms with van der Waals surface area (Å²) in [6.07, 6.45) is 12.9. The van der Waals surface area contributed by atoms with Gasteiger partial charge in [0.2, 0.25) is 0 Å². The molecule has 0 aromatic rings. The summed E-state index contributed by atoms with van der Waals surface area (Å²) in [5, 5.41) is 17.9. The van der Waals surface area contributed by atoms with Crippen LogP contribution in [0, 0.1) is 0 Å². The fraction of sp³-hybridized carbons (Fsp3) is 0.778. The Morgan fingerprint density at radius 3 is 2.10 bits per heavy atom. The Morgan fingerprint density at radius 2 is 1.65 bits per heavy atom. The van der Waals surface area contributed by atoms with E-state index in [4.69, 9.17) is 5.11 Å². The highest BCUT2D eigenvalue weighted by atomic mass is 16.3. The molecule has 0 aromatic heterocycles. The molecule has 0 aliphatic heterocycles. The molecule has 0 fully saturated rings. The zero-order valence-electron chi connectivity index (χ0n) is 14.1. The van der Waals surface area contributed by atoms with Crippen LogP contribution in [0.5, 0.6) is 0 Å². The zero-order valence-corrected chi connectivity index (χ0v) is 14.1. The third kappa shape index (κ3) is 19.7. The van der Waals surface area contributed by atoms with Gasteiger partial charge in [0.1, 0.15) is 0 Å². The normalized spacial score (nSPS) is 12.9. The SMILES string of the molecule is C=CC(C)(O)CCC=C(C)C.CCCCCCCCO. The van der Waals surface area contributed by atoms with Crippen LogP contribution in [-0.2, 0) is 0 Å². The minimum absolute atomic E-state index is 0.367. The summed E-state index contributed by atoms with van der Waals surface area (Å²) in [6, 6.07) is 0. The van der Waals surface area contributed by atoms with Crippen molar-refractivity contribution in [2.45, 2.75) is 84.7 Å². The topological polar surface area (TPSA) is 40.5 Å². The highest BCUT2D eigenvalue weighted by Crippen LogP contribution is 2.13. The van der Waals surface area contributed by atoms with Crippen molar-refractivity contribution in [3.63, 3.8) is 0 Å². The molecule has 0 aliphatic rings. The lowest BCUT2D eigenvalue weighted by molar-refractivity contribution is 0.103. The average molecular weight is 284 g/mol. The fourth-order valence-corrected chi connectivity index (χ4v) is 1.65. The number of allylic oxidation sites excluding steroid dienone is 2. The Labute approximate surface area is 126 Å². The van der Waals surface area contributed by atoms with Gasteiger partial charge in [-0.05, 0) is 40.0 Å². The second-order valence-corrected chi connectivity index (χ2v) is 5.87. The molecule has 2 heteroatoms. The maximum absolute atomic E-state index is 9.49. The molecule has 120 valence electrons. The smallest absolute Gasteiger partial charge is 0.0800 e. The predicted octanol–water partition coefficient (Wildman–Crippen LogP) is 5.01. The number of aliphatic hydroxyl groups is 2. The van der Waals surface area contributed by atoms with Crippen LogP contribution < -0.4 is 0 Å².